The van der Waals surface area contributed by atoms with Crippen LogP contribution >= 0.6 is 0 Å². The van der Waals surface area contributed by atoms with Crippen molar-refractivity contribution in [2.45, 2.75) is 50.4 Å². The maximum atomic E-state index is 13.1. The number of hydrogen-bond acceptors (Lipinski definition) is 4. The van der Waals surface area contributed by atoms with Gasteiger partial charge in [0.15, 0.2) is 0 Å². The number of hydrogen-bond donors (Lipinski definition) is 2. The van der Waals surface area contributed by atoms with Gasteiger partial charge in [0.05, 0.1) is 7.11 Å². The highest BCUT2D eigenvalue weighted by Gasteiger charge is 2.64. The van der Waals surface area contributed by atoms with Crippen molar-refractivity contribution in [3.8, 4) is 0 Å². The van der Waals surface area contributed by atoms with E-state index in [1.165, 1.54) is 0 Å². The number of nitrogens with zero attached hydrogens (tertiary/aromatic N) is 1. The van der Waals surface area contributed by atoms with Gasteiger partial charge in [-0.15, -0.1) is 0 Å². The minimum atomic E-state index is -4.97. The molecule has 0 aromatic heterocycles. The normalized spacial score (nSPS) is 27.6. The van der Waals surface area contributed by atoms with Gasteiger partial charge in [-0.25, -0.2) is 4.79 Å². The van der Waals surface area contributed by atoms with E-state index in [1.807, 2.05) is 0 Å². The molecule has 0 radical (unpaired) electrons. The molecule has 1 saturated heterocycles. The van der Waals surface area contributed by atoms with Crippen molar-refractivity contribution in [2.75, 3.05) is 7.11 Å². The summed E-state index contributed by atoms with van der Waals surface area (Å²) in [5.74, 6) is 0. The molecule has 1 atom stereocenters. The van der Waals surface area contributed by atoms with Crippen LogP contribution in [0.3, 0.4) is 0 Å². The molecule has 0 spiro atoms. The highest BCUT2D eigenvalue weighted by atomic mass is 19.4. The Morgan fingerprint density at radius 2 is 1.95 bits per heavy atom. The predicted molar refractivity (Wildman–Crippen MR) is 63.1 cm³/mol. The second kappa shape index (κ2) is 5.16. The van der Waals surface area contributed by atoms with Gasteiger partial charge >= 0.3 is 12.3 Å². The van der Waals surface area contributed by atoms with E-state index in [0.29, 0.717) is 12.8 Å². The zero-order chi connectivity index (χ0) is 15.0. The second-order valence-electron chi connectivity index (χ2n) is 5.05. The lowest BCUT2D eigenvalue weighted by Gasteiger charge is -2.32. The van der Waals surface area contributed by atoms with Crippen LogP contribution in [0, 0.1) is 0 Å². The Kier molecular flexibility index (Phi) is 3.86. The number of carbonyl (C=O) groups excluding carboxylic acids is 1. The highest BCUT2D eigenvalue weighted by molar-refractivity contribution is 5.69. The minimum Gasteiger partial charge on any atom is -0.451 e. The van der Waals surface area contributed by atoms with Gasteiger partial charge in [0.2, 0.25) is 0 Å². The fourth-order valence-electron chi connectivity index (χ4n) is 2.59. The van der Waals surface area contributed by atoms with E-state index >= 15 is 0 Å². The smallest absolute Gasteiger partial charge is 0.438 e. The number of allylic oxidation sites excluding steroid dienone is 1. The molecule has 0 bridgehead atoms. The molecule has 1 heterocycles. The fourth-order valence-corrected chi connectivity index (χ4v) is 2.59. The van der Waals surface area contributed by atoms with Crippen LogP contribution in [0.5, 0.6) is 0 Å². The van der Waals surface area contributed by atoms with E-state index in [9.17, 15) is 23.1 Å². The Morgan fingerprint density at radius 3 is 2.45 bits per heavy atom. The van der Waals surface area contributed by atoms with Crippen molar-refractivity contribution in [1.82, 2.24) is 10.4 Å². The van der Waals surface area contributed by atoms with E-state index in [2.05, 4.69) is 10.2 Å². The van der Waals surface area contributed by atoms with Crippen molar-refractivity contribution in [3.05, 3.63) is 11.3 Å². The van der Waals surface area contributed by atoms with E-state index in [0.717, 1.165) is 31.9 Å². The lowest BCUT2D eigenvalue weighted by molar-refractivity contribution is -0.301. The Morgan fingerprint density at radius 1 is 1.35 bits per heavy atom. The molecule has 1 aliphatic carbocycles. The summed E-state index contributed by atoms with van der Waals surface area (Å²) in [6.07, 6.45) is -2.69. The standard InChI is InChI=1S/C12H17F3N2O3/c1-20-10(18)17-11(19,12(13,14)15)7-9(16-17)8-5-3-2-4-6-8/h16,19H,2-7H2,1H3. The molecule has 2 N–H and O–H groups in total. The average molecular weight is 294 g/mol. The summed E-state index contributed by atoms with van der Waals surface area (Å²) >= 11 is 0. The summed E-state index contributed by atoms with van der Waals surface area (Å²) < 4.78 is 43.5. The number of ether oxygens (including phenoxy) is 1. The third kappa shape index (κ3) is 2.44. The number of hydrazine groups is 1. The number of nitrogens with one attached hydrogen (secondary N) is 1. The van der Waals surface area contributed by atoms with Crippen LogP contribution in [0.15, 0.2) is 11.3 Å². The average Bonchev–Trinajstić information content (AvgIpc) is 2.78. The third-order valence-corrected chi connectivity index (χ3v) is 3.74. The molecule has 2 aliphatic rings. The number of rotatable bonds is 0. The van der Waals surface area contributed by atoms with Crippen LogP contribution in [0.25, 0.3) is 0 Å². The Bertz CT molecular complexity index is 428. The first-order chi connectivity index (χ1) is 9.29. The SMILES string of the molecule is COC(=O)N1NC(=C2CCCCC2)CC1(O)C(F)(F)F. The van der Waals surface area contributed by atoms with Crippen LogP contribution < -0.4 is 5.43 Å². The van der Waals surface area contributed by atoms with E-state index in [-0.39, 0.29) is 10.7 Å². The van der Waals surface area contributed by atoms with Crippen molar-refractivity contribution < 1.29 is 27.8 Å². The highest BCUT2D eigenvalue weighted by Crippen LogP contribution is 2.43. The molecule has 8 heteroatoms. The first-order valence-corrected chi connectivity index (χ1v) is 6.44. The quantitative estimate of drug-likeness (QED) is 0.720. The Hall–Kier alpha value is -1.44. The van der Waals surface area contributed by atoms with E-state index in [4.69, 9.17) is 0 Å². The van der Waals surface area contributed by atoms with Crippen LogP contribution in [0.1, 0.15) is 38.5 Å². The largest absolute Gasteiger partial charge is 0.451 e. The number of aliphatic hydroxyl groups is 1. The molecule has 1 aliphatic heterocycles. The van der Waals surface area contributed by atoms with Crippen LogP contribution in [-0.4, -0.2) is 35.2 Å². The number of amides is 1. The lowest BCUT2D eigenvalue weighted by Crippen LogP contribution is -2.59. The van der Waals surface area contributed by atoms with Crippen molar-refractivity contribution in [1.29, 1.82) is 0 Å². The topological polar surface area (TPSA) is 61.8 Å². The molecule has 2 fully saturated rings. The first kappa shape index (κ1) is 15.0. The lowest BCUT2D eigenvalue weighted by atomic mass is 9.91. The van der Waals surface area contributed by atoms with Crippen molar-refractivity contribution in [2.24, 2.45) is 0 Å². The molecule has 5 nitrogen and oxygen atoms in total. The monoisotopic (exact) mass is 294 g/mol. The molecular formula is C12H17F3N2O3. The molecule has 1 amide bonds. The van der Waals surface area contributed by atoms with Gasteiger partial charge in [0.1, 0.15) is 0 Å². The molecule has 114 valence electrons. The van der Waals surface area contributed by atoms with Crippen molar-refractivity contribution >= 4 is 6.09 Å². The minimum absolute atomic E-state index is 0.129. The van der Waals surface area contributed by atoms with Gasteiger partial charge in [-0.3, -0.25) is 5.43 Å². The zero-order valence-corrected chi connectivity index (χ0v) is 11.1. The number of halogens is 3. The fraction of sp³-hybridized carbons (Fsp3) is 0.750. The van der Waals surface area contributed by atoms with Gasteiger partial charge in [0.25, 0.3) is 5.72 Å². The zero-order valence-electron chi connectivity index (χ0n) is 11.1. The van der Waals surface area contributed by atoms with Crippen molar-refractivity contribution in [3.63, 3.8) is 0 Å². The van der Waals surface area contributed by atoms with Gasteiger partial charge in [-0.1, -0.05) is 6.42 Å². The molecule has 2 rings (SSSR count). The summed E-state index contributed by atoms with van der Waals surface area (Å²) in [4.78, 5) is 11.5. The van der Waals surface area contributed by atoms with E-state index < -0.39 is 24.4 Å². The Labute approximate surface area is 114 Å². The molecule has 1 saturated carbocycles. The maximum absolute atomic E-state index is 13.1. The van der Waals surface area contributed by atoms with Gasteiger partial charge in [-0.2, -0.15) is 18.2 Å². The third-order valence-electron chi connectivity index (χ3n) is 3.74. The summed E-state index contributed by atoms with van der Waals surface area (Å²) in [6, 6.07) is 0. The van der Waals surface area contributed by atoms with Gasteiger partial charge < -0.3 is 9.84 Å². The predicted octanol–water partition coefficient (Wildman–Crippen LogP) is 2.43. The molecular weight excluding hydrogens is 277 g/mol. The maximum Gasteiger partial charge on any atom is 0.438 e. The summed E-state index contributed by atoms with van der Waals surface area (Å²) in [7, 11) is 0.965. The van der Waals surface area contributed by atoms with Crippen LogP contribution in [0.2, 0.25) is 0 Å². The van der Waals surface area contributed by atoms with Gasteiger partial charge in [-0.05, 0) is 31.3 Å². The molecule has 0 aromatic carbocycles. The second-order valence-corrected chi connectivity index (χ2v) is 5.05. The summed E-state index contributed by atoms with van der Waals surface area (Å²) in [6.45, 7) is 0. The first-order valence-electron chi connectivity index (χ1n) is 6.44. The van der Waals surface area contributed by atoms with E-state index in [1.54, 1.807) is 0 Å². The number of carbonyl (C=O) groups is 1. The van der Waals surface area contributed by atoms with Crippen LogP contribution in [0.4, 0.5) is 18.0 Å². The number of alkyl halides is 3. The summed E-state index contributed by atoms with van der Waals surface area (Å²) in [5, 5.41) is 10.0. The van der Waals surface area contributed by atoms with Crippen LogP contribution in [-0.2, 0) is 4.74 Å². The molecule has 1 unspecified atom stereocenters. The summed E-state index contributed by atoms with van der Waals surface area (Å²) in [5.41, 5.74) is 0.224. The Balaban J connectivity index is 2.33. The molecule has 0 aromatic rings. The number of methoxy groups -OCH3 is 1. The molecule has 20 heavy (non-hydrogen) atoms. The van der Waals surface area contributed by atoms with Gasteiger partial charge in [0, 0.05) is 12.1 Å².